The summed E-state index contributed by atoms with van der Waals surface area (Å²) in [4.78, 5) is 24.7. The lowest BCUT2D eigenvalue weighted by Crippen LogP contribution is -2.28. The van der Waals surface area contributed by atoms with Gasteiger partial charge in [-0.05, 0) is 38.5 Å². The maximum atomic E-state index is 12.4. The number of aliphatic hydroxyl groups excluding tert-OH is 1. The first-order valence-corrected chi connectivity index (χ1v) is 38.7. The van der Waals surface area contributed by atoms with E-state index in [9.17, 15) is 14.7 Å². The summed E-state index contributed by atoms with van der Waals surface area (Å²) < 4.78 is 10.8. The van der Waals surface area contributed by atoms with Gasteiger partial charge in [0, 0.05) is 12.8 Å². The zero-order valence-corrected chi connectivity index (χ0v) is 57.0. The van der Waals surface area contributed by atoms with E-state index in [-0.39, 0.29) is 25.2 Å². The van der Waals surface area contributed by atoms with Crippen LogP contribution in [0.2, 0.25) is 0 Å². The van der Waals surface area contributed by atoms with Crippen molar-refractivity contribution < 1.29 is 24.2 Å². The molecule has 5 heteroatoms. The number of unbranched alkanes of at least 4 members (excludes halogenated alkanes) is 64. The van der Waals surface area contributed by atoms with E-state index in [1.54, 1.807) is 0 Å². The number of hydrogen-bond acceptors (Lipinski definition) is 5. The molecule has 1 N–H and O–H groups in total. The summed E-state index contributed by atoms with van der Waals surface area (Å²) in [5, 5.41) is 9.72. The van der Waals surface area contributed by atoms with Gasteiger partial charge in [-0.2, -0.15) is 0 Å². The minimum Gasteiger partial charge on any atom is -0.462 e. The number of carbonyl (C=O) groups is 2. The molecule has 0 fully saturated rings. The van der Waals surface area contributed by atoms with Crippen LogP contribution in [0.15, 0.2) is 12.2 Å². The summed E-state index contributed by atoms with van der Waals surface area (Å²) >= 11 is 0. The highest BCUT2D eigenvalue weighted by Gasteiger charge is 2.16. The minimum atomic E-state index is -0.767. The largest absolute Gasteiger partial charge is 0.462 e. The van der Waals surface area contributed by atoms with Gasteiger partial charge in [0.15, 0.2) is 6.10 Å². The Hall–Kier alpha value is -1.36. The predicted octanol–water partition coefficient (Wildman–Crippen LogP) is 26.9. The smallest absolute Gasteiger partial charge is 0.306 e. The molecular formula is C78H152O5. The molecule has 0 saturated heterocycles. The maximum absolute atomic E-state index is 12.4. The molecule has 0 saturated carbocycles. The van der Waals surface area contributed by atoms with E-state index < -0.39 is 6.10 Å². The number of allylic oxidation sites excluding steroid dienone is 2. The Morgan fingerprint density at radius 1 is 0.265 bits per heavy atom. The molecule has 0 aromatic heterocycles. The van der Waals surface area contributed by atoms with Gasteiger partial charge in [0.05, 0.1) is 6.61 Å². The number of esters is 2. The molecule has 0 aromatic carbocycles. The van der Waals surface area contributed by atoms with E-state index >= 15 is 0 Å². The average Bonchev–Trinajstić information content (AvgIpc) is 3.49. The Morgan fingerprint density at radius 2 is 0.446 bits per heavy atom. The van der Waals surface area contributed by atoms with Gasteiger partial charge in [-0.15, -0.1) is 0 Å². The topological polar surface area (TPSA) is 72.8 Å². The zero-order valence-electron chi connectivity index (χ0n) is 57.0. The molecule has 0 amide bonds. The molecule has 0 radical (unpaired) electrons. The molecule has 1 unspecified atom stereocenters. The molecule has 0 rings (SSSR count). The third-order valence-corrected chi connectivity index (χ3v) is 18.3. The van der Waals surface area contributed by atoms with Gasteiger partial charge in [-0.1, -0.05) is 418 Å². The SMILES string of the molecule is CCCCCCCCCC/C=C\CCCCCCCCCCCCCCCCCCCCCCCCCC(=O)OC(CO)COC(=O)CCCCCCCCCCCCCCCCCCCCCCCCCCCCCCCCCCCC. The number of aliphatic hydroxyl groups is 1. The van der Waals surface area contributed by atoms with Crippen LogP contribution in [0, 0.1) is 0 Å². The van der Waals surface area contributed by atoms with Gasteiger partial charge in [0.2, 0.25) is 0 Å². The van der Waals surface area contributed by atoms with Crippen molar-refractivity contribution in [1.82, 2.24) is 0 Å². The highest BCUT2D eigenvalue weighted by Crippen LogP contribution is 2.20. The predicted molar refractivity (Wildman–Crippen MR) is 367 cm³/mol. The molecule has 0 aliphatic heterocycles. The van der Waals surface area contributed by atoms with Crippen LogP contribution >= 0.6 is 0 Å². The Labute approximate surface area is 521 Å². The van der Waals surface area contributed by atoms with Crippen molar-refractivity contribution in [3.8, 4) is 0 Å². The zero-order chi connectivity index (χ0) is 59.8. The molecule has 0 spiro atoms. The lowest BCUT2D eigenvalue weighted by Gasteiger charge is -2.15. The second-order valence-corrected chi connectivity index (χ2v) is 26.8. The fraction of sp³-hybridized carbons (Fsp3) is 0.949. The molecule has 0 aromatic rings. The molecule has 0 aliphatic carbocycles. The lowest BCUT2D eigenvalue weighted by atomic mass is 10.0. The van der Waals surface area contributed by atoms with E-state index in [1.165, 1.54) is 398 Å². The number of carbonyl (C=O) groups excluding carboxylic acids is 2. The Morgan fingerprint density at radius 3 is 0.651 bits per heavy atom. The molecule has 0 aliphatic rings. The molecule has 494 valence electrons. The monoisotopic (exact) mass is 1170 g/mol. The summed E-state index contributed by atoms with van der Waals surface area (Å²) in [6.45, 7) is 4.22. The summed E-state index contributed by atoms with van der Waals surface area (Å²) in [7, 11) is 0. The van der Waals surface area contributed by atoms with Crippen molar-refractivity contribution in [2.24, 2.45) is 0 Å². The van der Waals surface area contributed by atoms with Crippen LogP contribution in [-0.2, 0) is 19.1 Å². The van der Waals surface area contributed by atoms with E-state index in [4.69, 9.17) is 9.47 Å². The van der Waals surface area contributed by atoms with Crippen LogP contribution < -0.4 is 0 Å². The molecule has 0 bridgehead atoms. The quantitative estimate of drug-likeness (QED) is 0.0373. The molecule has 83 heavy (non-hydrogen) atoms. The second kappa shape index (κ2) is 74.9. The summed E-state index contributed by atoms with van der Waals surface area (Å²) in [6.07, 6.45) is 97.3. The number of rotatable bonds is 74. The van der Waals surface area contributed by atoms with E-state index in [1.807, 2.05) is 0 Å². The van der Waals surface area contributed by atoms with Gasteiger partial charge in [0.1, 0.15) is 6.61 Å². The van der Waals surface area contributed by atoms with Crippen LogP contribution in [0.3, 0.4) is 0 Å². The van der Waals surface area contributed by atoms with Crippen molar-refractivity contribution in [3.63, 3.8) is 0 Å². The summed E-state index contributed by atoms with van der Waals surface area (Å²) in [5.74, 6) is -0.558. The highest BCUT2D eigenvalue weighted by atomic mass is 16.6. The number of hydrogen-bond donors (Lipinski definition) is 1. The van der Waals surface area contributed by atoms with E-state index in [0.717, 1.165) is 32.1 Å². The van der Waals surface area contributed by atoms with Gasteiger partial charge < -0.3 is 14.6 Å². The highest BCUT2D eigenvalue weighted by molar-refractivity contribution is 5.70. The Bertz CT molecular complexity index is 1230. The second-order valence-electron chi connectivity index (χ2n) is 26.8. The van der Waals surface area contributed by atoms with Crippen molar-refractivity contribution in [2.75, 3.05) is 13.2 Å². The number of ether oxygens (including phenoxy) is 2. The Kier molecular flexibility index (Phi) is 73.7. The van der Waals surface area contributed by atoms with Gasteiger partial charge in [-0.25, -0.2) is 0 Å². The third kappa shape index (κ3) is 73.0. The van der Waals surface area contributed by atoms with Gasteiger partial charge in [-0.3, -0.25) is 9.59 Å². The average molecular weight is 1170 g/mol. The molecule has 1 atom stereocenters. The standard InChI is InChI=1S/C78H152O5/c1-3-5-7-9-11-13-15-17-19-21-23-25-27-29-31-33-35-37-39-41-43-45-47-49-51-53-55-57-59-61-63-65-67-69-71-73-78(81)83-76(74-79)75-82-77(80)72-70-68-66-64-62-60-58-56-54-52-50-48-46-44-42-40-38-36-34-32-30-28-26-24-22-20-18-16-14-12-10-8-6-4-2/h21,23,76,79H,3-20,22,24-75H2,1-2H3/b23-21-. The van der Waals surface area contributed by atoms with Gasteiger partial charge >= 0.3 is 11.9 Å². The fourth-order valence-corrected chi connectivity index (χ4v) is 12.5. The molecule has 0 heterocycles. The van der Waals surface area contributed by atoms with E-state index in [0.29, 0.717) is 12.8 Å². The first-order valence-electron chi connectivity index (χ1n) is 38.7. The lowest BCUT2D eigenvalue weighted by molar-refractivity contribution is -0.161. The third-order valence-electron chi connectivity index (χ3n) is 18.3. The van der Waals surface area contributed by atoms with Crippen molar-refractivity contribution in [3.05, 3.63) is 12.2 Å². The molecule has 5 nitrogen and oxygen atoms in total. The van der Waals surface area contributed by atoms with E-state index in [2.05, 4.69) is 26.0 Å². The van der Waals surface area contributed by atoms with Crippen LogP contribution in [0.25, 0.3) is 0 Å². The van der Waals surface area contributed by atoms with Crippen LogP contribution in [0.4, 0.5) is 0 Å². The van der Waals surface area contributed by atoms with Crippen molar-refractivity contribution in [2.45, 2.75) is 463 Å². The van der Waals surface area contributed by atoms with Crippen LogP contribution in [0.5, 0.6) is 0 Å². The Balaban J connectivity index is 3.34. The van der Waals surface area contributed by atoms with Gasteiger partial charge in [0.25, 0.3) is 0 Å². The van der Waals surface area contributed by atoms with Crippen LogP contribution in [-0.4, -0.2) is 36.4 Å². The summed E-state index contributed by atoms with van der Waals surface area (Å²) in [6, 6.07) is 0. The van der Waals surface area contributed by atoms with Crippen LogP contribution in [0.1, 0.15) is 457 Å². The first-order chi connectivity index (χ1) is 41.1. The maximum Gasteiger partial charge on any atom is 0.306 e. The molecular weight excluding hydrogens is 1020 g/mol. The fourth-order valence-electron chi connectivity index (χ4n) is 12.5. The van der Waals surface area contributed by atoms with Crippen molar-refractivity contribution in [1.29, 1.82) is 0 Å². The first kappa shape index (κ1) is 81.6. The summed E-state index contributed by atoms with van der Waals surface area (Å²) in [5.41, 5.74) is 0. The normalized spacial score (nSPS) is 12.1. The van der Waals surface area contributed by atoms with Crippen molar-refractivity contribution >= 4 is 11.9 Å². The minimum absolute atomic E-state index is 0.0562.